The lowest BCUT2D eigenvalue weighted by Gasteiger charge is -2.33. The first-order chi connectivity index (χ1) is 9.30. The molecule has 1 saturated heterocycles. The minimum atomic E-state index is -3.20. The van der Waals surface area contributed by atoms with Gasteiger partial charge in [0.25, 0.3) is 5.91 Å². The molecule has 2 rings (SSSR count). The van der Waals surface area contributed by atoms with Crippen molar-refractivity contribution in [2.75, 3.05) is 32.4 Å². The second-order valence-corrected chi connectivity index (χ2v) is 6.89. The van der Waals surface area contributed by atoms with Gasteiger partial charge in [0.2, 0.25) is 10.0 Å². The van der Waals surface area contributed by atoms with Crippen LogP contribution >= 0.6 is 0 Å². The van der Waals surface area contributed by atoms with E-state index < -0.39 is 10.0 Å². The molecule has 1 aliphatic heterocycles. The molecule has 110 valence electrons. The number of rotatable bonds is 2. The van der Waals surface area contributed by atoms with E-state index in [1.165, 1.54) is 16.6 Å². The molecule has 0 bridgehead atoms. The molecular formula is C13H18N2O4S. The van der Waals surface area contributed by atoms with E-state index >= 15 is 0 Å². The molecule has 7 heteroatoms. The first-order valence-corrected chi connectivity index (χ1v) is 8.18. The number of benzene rings is 1. The monoisotopic (exact) mass is 298 g/mol. The number of nitrogens with zero attached hydrogens (tertiary/aromatic N) is 2. The van der Waals surface area contributed by atoms with Crippen molar-refractivity contribution in [1.82, 2.24) is 9.21 Å². The van der Waals surface area contributed by atoms with E-state index in [-0.39, 0.29) is 11.7 Å². The van der Waals surface area contributed by atoms with Crippen LogP contribution in [0.25, 0.3) is 0 Å². The first-order valence-electron chi connectivity index (χ1n) is 6.33. The standard InChI is InChI=1S/C13H18N2O4S/c1-10-11(4-3-5-12(10)16)13(17)14-6-8-15(9-7-14)20(2,18)19/h3-5,16H,6-9H2,1-2H3. The molecule has 6 nitrogen and oxygen atoms in total. The summed E-state index contributed by atoms with van der Waals surface area (Å²) in [6.45, 7) is 3.03. The van der Waals surface area contributed by atoms with Gasteiger partial charge in [-0.2, -0.15) is 4.31 Å². The summed E-state index contributed by atoms with van der Waals surface area (Å²) in [5.41, 5.74) is 1.00. The maximum Gasteiger partial charge on any atom is 0.254 e. The van der Waals surface area contributed by atoms with Gasteiger partial charge in [-0.15, -0.1) is 0 Å². The van der Waals surface area contributed by atoms with E-state index in [4.69, 9.17) is 0 Å². The predicted octanol–water partition coefficient (Wildman–Crippen LogP) is 0.418. The zero-order chi connectivity index (χ0) is 14.9. The number of amides is 1. The van der Waals surface area contributed by atoms with Crippen molar-refractivity contribution in [3.8, 4) is 5.75 Å². The highest BCUT2D eigenvalue weighted by atomic mass is 32.2. The third-order valence-electron chi connectivity index (χ3n) is 3.53. The molecule has 1 fully saturated rings. The molecule has 0 aromatic heterocycles. The normalized spacial score (nSPS) is 17.2. The van der Waals surface area contributed by atoms with Gasteiger partial charge in [0.15, 0.2) is 0 Å². The van der Waals surface area contributed by atoms with Crippen molar-refractivity contribution in [2.45, 2.75) is 6.92 Å². The van der Waals surface area contributed by atoms with Crippen LogP contribution in [0.4, 0.5) is 0 Å². The van der Waals surface area contributed by atoms with Crippen molar-refractivity contribution < 1.29 is 18.3 Å². The quantitative estimate of drug-likeness (QED) is 0.858. The zero-order valence-electron chi connectivity index (χ0n) is 11.5. The van der Waals surface area contributed by atoms with Crippen molar-refractivity contribution in [3.63, 3.8) is 0 Å². The molecule has 20 heavy (non-hydrogen) atoms. The highest BCUT2D eigenvalue weighted by Gasteiger charge is 2.27. The van der Waals surface area contributed by atoms with Crippen LogP contribution in [0, 0.1) is 6.92 Å². The van der Waals surface area contributed by atoms with Crippen LogP contribution in [0.5, 0.6) is 5.75 Å². The summed E-state index contributed by atoms with van der Waals surface area (Å²) in [5, 5.41) is 9.64. The van der Waals surface area contributed by atoms with Crippen LogP contribution < -0.4 is 0 Å². The Hall–Kier alpha value is -1.60. The van der Waals surface area contributed by atoms with Gasteiger partial charge in [-0.25, -0.2) is 8.42 Å². The molecule has 1 amide bonds. The van der Waals surface area contributed by atoms with Gasteiger partial charge in [-0.3, -0.25) is 4.79 Å². The van der Waals surface area contributed by atoms with E-state index in [2.05, 4.69) is 0 Å². The Kier molecular flexibility index (Phi) is 4.01. The van der Waals surface area contributed by atoms with Crippen LogP contribution in [0.2, 0.25) is 0 Å². The van der Waals surface area contributed by atoms with Crippen LogP contribution in [-0.2, 0) is 10.0 Å². The number of hydrogen-bond acceptors (Lipinski definition) is 4. The lowest BCUT2D eigenvalue weighted by molar-refractivity contribution is 0.0697. The van der Waals surface area contributed by atoms with Crippen LogP contribution in [-0.4, -0.2) is 61.1 Å². The lowest BCUT2D eigenvalue weighted by atomic mass is 10.1. The Morgan fingerprint density at radius 2 is 1.80 bits per heavy atom. The SMILES string of the molecule is Cc1c(O)cccc1C(=O)N1CCN(S(C)(=O)=O)CC1. The average Bonchev–Trinajstić information content (AvgIpc) is 2.40. The summed E-state index contributed by atoms with van der Waals surface area (Å²) in [5.74, 6) is -0.0860. The molecular weight excluding hydrogens is 280 g/mol. The second-order valence-electron chi connectivity index (χ2n) is 4.90. The van der Waals surface area contributed by atoms with Gasteiger partial charge in [-0.1, -0.05) is 6.07 Å². The first kappa shape index (κ1) is 14.8. The zero-order valence-corrected chi connectivity index (χ0v) is 12.4. The fourth-order valence-electron chi connectivity index (χ4n) is 2.25. The summed E-state index contributed by atoms with van der Waals surface area (Å²) in [4.78, 5) is 14.0. The summed E-state index contributed by atoms with van der Waals surface area (Å²) < 4.78 is 24.2. The molecule has 1 heterocycles. The van der Waals surface area contributed by atoms with Crippen molar-refractivity contribution in [1.29, 1.82) is 0 Å². The van der Waals surface area contributed by atoms with E-state index in [1.807, 2.05) is 0 Å². The Morgan fingerprint density at radius 1 is 1.20 bits per heavy atom. The van der Waals surface area contributed by atoms with Crippen molar-refractivity contribution in [3.05, 3.63) is 29.3 Å². The minimum absolute atomic E-state index is 0.0885. The molecule has 0 atom stereocenters. The third kappa shape index (κ3) is 2.94. The van der Waals surface area contributed by atoms with Gasteiger partial charge < -0.3 is 10.0 Å². The Balaban J connectivity index is 2.11. The van der Waals surface area contributed by atoms with Gasteiger partial charge in [0.1, 0.15) is 5.75 Å². The number of aromatic hydroxyl groups is 1. The number of phenols is 1. The molecule has 0 aliphatic carbocycles. The third-order valence-corrected chi connectivity index (χ3v) is 4.83. The van der Waals surface area contributed by atoms with Gasteiger partial charge in [0, 0.05) is 37.3 Å². The summed E-state index contributed by atoms with van der Waals surface area (Å²) in [6, 6.07) is 4.83. The topological polar surface area (TPSA) is 77.9 Å². The number of carbonyl (C=O) groups excluding carboxylic acids is 1. The number of sulfonamides is 1. The number of hydrogen-bond donors (Lipinski definition) is 1. The molecule has 0 radical (unpaired) electrons. The summed E-state index contributed by atoms with van der Waals surface area (Å²) in [6.07, 6.45) is 1.17. The van der Waals surface area contributed by atoms with Crippen molar-refractivity contribution in [2.24, 2.45) is 0 Å². The van der Waals surface area contributed by atoms with Crippen molar-refractivity contribution >= 4 is 15.9 Å². The number of piperazine rings is 1. The highest BCUT2D eigenvalue weighted by molar-refractivity contribution is 7.88. The molecule has 1 N–H and O–H groups in total. The highest BCUT2D eigenvalue weighted by Crippen LogP contribution is 2.21. The summed E-state index contributed by atoms with van der Waals surface area (Å²) in [7, 11) is -3.20. The molecule has 1 aromatic carbocycles. The fraction of sp³-hybridized carbons (Fsp3) is 0.462. The van der Waals surface area contributed by atoms with Gasteiger partial charge in [-0.05, 0) is 19.1 Å². The number of carbonyl (C=O) groups is 1. The molecule has 1 aromatic rings. The Morgan fingerprint density at radius 3 is 2.35 bits per heavy atom. The van der Waals surface area contributed by atoms with E-state index in [1.54, 1.807) is 24.0 Å². The minimum Gasteiger partial charge on any atom is -0.508 e. The Bertz CT molecular complexity index is 619. The summed E-state index contributed by atoms with van der Waals surface area (Å²) >= 11 is 0. The lowest BCUT2D eigenvalue weighted by Crippen LogP contribution is -2.50. The smallest absolute Gasteiger partial charge is 0.254 e. The van der Waals surface area contributed by atoms with Crippen LogP contribution in [0.15, 0.2) is 18.2 Å². The average molecular weight is 298 g/mol. The number of phenolic OH excluding ortho intramolecular Hbond substituents is 1. The van der Waals surface area contributed by atoms with Gasteiger partial charge in [0.05, 0.1) is 6.26 Å². The van der Waals surface area contributed by atoms with E-state index in [0.29, 0.717) is 37.3 Å². The van der Waals surface area contributed by atoms with E-state index in [9.17, 15) is 18.3 Å². The van der Waals surface area contributed by atoms with E-state index in [0.717, 1.165) is 0 Å². The molecule has 0 saturated carbocycles. The molecule has 1 aliphatic rings. The maximum absolute atomic E-state index is 12.4. The predicted molar refractivity (Wildman–Crippen MR) is 75.2 cm³/mol. The van der Waals surface area contributed by atoms with Gasteiger partial charge >= 0.3 is 0 Å². The maximum atomic E-state index is 12.4. The fourth-order valence-corrected chi connectivity index (χ4v) is 3.07. The Labute approximate surface area is 118 Å². The molecule has 0 spiro atoms. The van der Waals surface area contributed by atoms with Crippen LogP contribution in [0.3, 0.4) is 0 Å². The second kappa shape index (κ2) is 5.41. The largest absolute Gasteiger partial charge is 0.508 e. The molecule has 0 unspecified atom stereocenters. The van der Waals surface area contributed by atoms with Crippen LogP contribution in [0.1, 0.15) is 15.9 Å².